The maximum Gasteiger partial charge on any atom is 0.257 e. The second kappa shape index (κ2) is 11.5. The largest absolute Gasteiger partial charge is 0.484 e. The van der Waals surface area contributed by atoms with E-state index in [1.165, 1.54) is 12.1 Å². The molecule has 1 amide bonds. The zero-order valence-electron chi connectivity index (χ0n) is 20.4. The Hall–Kier alpha value is -3.23. The van der Waals surface area contributed by atoms with Crippen molar-refractivity contribution >= 4 is 16.8 Å². The van der Waals surface area contributed by atoms with Crippen LogP contribution in [0.25, 0.3) is 10.9 Å². The molecular formula is C27H33FN4O3. The first kappa shape index (κ1) is 24.9. The van der Waals surface area contributed by atoms with Crippen molar-refractivity contribution < 1.29 is 13.9 Å². The number of pyridine rings is 1. The highest BCUT2D eigenvalue weighted by Crippen LogP contribution is 2.23. The SMILES string of the molecule is Cc1cc(=O)n(Cc2cccc(F)c2)c2cc(OCC(=O)NCCCN3CCN(C)CC3)ccc12. The first-order chi connectivity index (χ1) is 16.9. The van der Waals surface area contributed by atoms with Crippen LogP contribution in [0.1, 0.15) is 17.5 Å². The Balaban J connectivity index is 1.36. The molecule has 0 radical (unpaired) electrons. The van der Waals surface area contributed by atoms with Crippen molar-refractivity contribution in [1.82, 2.24) is 19.7 Å². The Labute approximate surface area is 205 Å². The van der Waals surface area contributed by atoms with Crippen LogP contribution in [-0.4, -0.2) is 73.2 Å². The van der Waals surface area contributed by atoms with Crippen LogP contribution in [0, 0.1) is 12.7 Å². The lowest BCUT2D eigenvalue weighted by Gasteiger charge is -2.32. The van der Waals surface area contributed by atoms with Gasteiger partial charge >= 0.3 is 0 Å². The van der Waals surface area contributed by atoms with Crippen molar-refractivity contribution in [2.75, 3.05) is 52.9 Å². The van der Waals surface area contributed by atoms with E-state index in [9.17, 15) is 14.0 Å². The molecule has 0 saturated carbocycles. The summed E-state index contributed by atoms with van der Waals surface area (Å²) in [6.45, 7) is 7.92. The molecular weight excluding hydrogens is 447 g/mol. The Morgan fingerprint density at radius 1 is 1.09 bits per heavy atom. The summed E-state index contributed by atoms with van der Waals surface area (Å²) in [5.74, 6) is -0.0153. The van der Waals surface area contributed by atoms with Gasteiger partial charge in [-0.1, -0.05) is 12.1 Å². The van der Waals surface area contributed by atoms with Crippen LogP contribution < -0.4 is 15.6 Å². The molecule has 1 aromatic heterocycles. The van der Waals surface area contributed by atoms with Gasteiger partial charge in [-0.05, 0) is 62.3 Å². The van der Waals surface area contributed by atoms with E-state index in [1.807, 2.05) is 13.0 Å². The van der Waals surface area contributed by atoms with Crippen LogP contribution in [-0.2, 0) is 11.3 Å². The third-order valence-corrected chi connectivity index (χ3v) is 6.46. The molecule has 2 heterocycles. The van der Waals surface area contributed by atoms with Gasteiger partial charge in [0.05, 0.1) is 12.1 Å². The van der Waals surface area contributed by atoms with E-state index in [0.717, 1.165) is 50.1 Å². The highest BCUT2D eigenvalue weighted by molar-refractivity contribution is 5.84. The van der Waals surface area contributed by atoms with Gasteiger partial charge in [-0.2, -0.15) is 0 Å². The zero-order valence-corrected chi connectivity index (χ0v) is 20.4. The number of piperazine rings is 1. The van der Waals surface area contributed by atoms with E-state index in [-0.39, 0.29) is 30.4 Å². The minimum atomic E-state index is -0.342. The molecule has 7 nitrogen and oxygen atoms in total. The summed E-state index contributed by atoms with van der Waals surface area (Å²) < 4.78 is 21.0. The third-order valence-electron chi connectivity index (χ3n) is 6.46. The Kier molecular flexibility index (Phi) is 8.15. The molecule has 3 aromatic rings. The number of hydrogen-bond donors (Lipinski definition) is 1. The molecule has 186 valence electrons. The maximum atomic E-state index is 13.7. The molecule has 1 fully saturated rings. The second-order valence-corrected chi connectivity index (χ2v) is 9.20. The molecule has 8 heteroatoms. The van der Waals surface area contributed by atoms with Gasteiger partial charge in [0.2, 0.25) is 0 Å². The van der Waals surface area contributed by atoms with Gasteiger partial charge in [0, 0.05) is 50.2 Å². The summed E-state index contributed by atoms with van der Waals surface area (Å²) in [5.41, 5.74) is 2.06. The first-order valence-electron chi connectivity index (χ1n) is 12.1. The molecule has 4 rings (SSSR count). The predicted octanol–water partition coefficient (Wildman–Crippen LogP) is 2.63. The number of rotatable bonds is 9. The number of hydrogen-bond acceptors (Lipinski definition) is 5. The van der Waals surface area contributed by atoms with Gasteiger partial charge in [0.25, 0.3) is 11.5 Å². The summed E-state index contributed by atoms with van der Waals surface area (Å²) in [6, 6.07) is 13.2. The number of amides is 1. The number of aromatic nitrogens is 1. The summed E-state index contributed by atoms with van der Waals surface area (Å²) in [4.78, 5) is 29.8. The predicted molar refractivity (Wildman–Crippen MR) is 136 cm³/mol. The molecule has 1 N–H and O–H groups in total. The average Bonchev–Trinajstić information content (AvgIpc) is 2.84. The monoisotopic (exact) mass is 480 g/mol. The number of nitrogens with one attached hydrogen (secondary N) is 1. The number of ether oxygens (including phenoxy) is 1. The molecule has 1 saturated heterocycles. The lowest BCUT2D eigenvalue weighted by molar-refractivity contribution is -0.123. The molecule has 0 unspecified atom stereocenters. The number of benzene rings is 2. The van der Waals surface area contributed by atoms with Crippen molar-refractivity contribution in [1.29, 1.82) is 0 Å². The molecule has 1 aliphatic rings. The minimum Gasteiger partial charge on any atom is -0.484 e. The second-order valence-electron chi connectivity index (χ2n) is 9.20. The molecule has 0 bridgehead atoms. The molecule has 0 spiro atoms. The van der Waals surface area contributed by atoms with Crippen molar-refractivity contribution in [3.8, 4) is 5.75 Å². The minimum absolute atomic E-state index is 0.0973. The summed E-state index contributed by atoms with van der Waals surface area (Å²) >= 11 is 0. The topological polar surface area (TPSA) is 66.8 Å². The van der Waals surface area contributed by atoms with Crippen molar-refractivity contribution in [2.45, 2.75) is 19.9 Å². The summed E-state index contributed by atoms with van der Waals surface area (Å²) in [7, 11) is 2.14. The molecule has 2 aromatic carbocycles. The van der Waals surface area contributed by atoms with Gasteiger partial charge in [0.15, 0.2) is 6.61 Å². The lowest BCUT2D eigenvalue weighted by atomic mass is 10.1. The molecule has 1 aliphatic heterocycles. The normalized spacial score (nSPS) is 14.8. The average molecular weight is 481 g/mol. The van der Waals surface area contributed by atoms with E-state index < -0.39 is 0 Å². The van der Waals surface area contributed by atoms with Crippen LogP contribution in [0.4, 0.5) is 4.39 Å². The number of halogens is 1. The number of nitrogens with zero attached hydrogens (tertiary/aromatic N) is 3. The fraction of sp³-hybridized carbons (Fsp3) is 0.407. The van der Waals surface area contributed by atoms with Crippen LogP contribution in [0.2, 0.25) is 0 Å². The number of carbonyl (C=O) groups is 1. The van der Waals surface area contributed by atoms with E-state index in [0.29, 0.717) is 23.4 Å². The molecule has 35 heavy (non-hydrogen) atoms. The van der Waals surface area contributed by atoms with Crippen molar-refractivity contribution in [2.24, 2.45) is 0 Å². The quantitative estimate of drug-likeness (QED) is 0.477. The fourth-order valence-electron chi connectivity index (χ4n) is 4.40. The van der Waals surface area contributed by atoms with Gasteiger partial charge in [-0.15, -0.1) is 0 Å². The van der Waals surface area contributed by atoms with E-state index >= 15 is 0 Å². The van der Waals surface area contributed by atoms with E-state index in [2.05, 4.69) is 22.2 Å². The highest BCUT2D eigenvalue weighted by atomic mass is 19.1. The first-order valence-corrected chi connectivity index (χ1v) is 12.1. The lowest BCUT2D eigenvalue weighted by Crippen LogP contribution is -2.45. The van der Waals surface area contributed by atoms with Gasteiger partial charge in [-0.3, -0.25) is 9.59 Å². The van der Waals surface area contributed by atoms with Gasteiger partial charge in [-0.25, -0.2) is 4.39 Å². The van der Waals surface area contributed by atoms with E-state index in [1.54, 1.807) is 34.9 Å². The zero-order chi connectivity index (χ0) is 24.8. The van der Waals surface area contributed by atoms with Crippen LogP contribution in [0.15, 0.2) is 53.3 Å². The van der Waals surface area contributed by atoms with Crippen molar-refractivity contribution in [3.05, 3.63) is 75.8 Å². The number of carbonyl (C=O) groups excluding carboxylic acids is 1. The summed E-state index contributed by atoms with van der Waals surface area (Å²) in [6.07, 6.45) is 0.900. The Morgan fingerprint density at radius 2 is 1.89 bits per heavy atom. The number of aryl methyl sites for hydroxylation is 1. The van der Waals surface area contributed by atoms with Crippen LogP contribution in [0.5, 0.6) is 5.75 Å². The Bertz CT molecular complexity index is 1230. The molecule has 0 atom stereocenters. The maximum absolute atomic E-state index is 13.7. The number of fused-ring (bicyclic) bond motifs is 1. The van der Waals surface area contributed by atoms with Crippen LogP contribution in [0.3, 0.4) is 0 Å². The smallest absolute Gasteiger partial charge is 0.257 e. The van der Waals surface area contributed by atoms with Gasteiger partial charge < -0.3 is 24.4 Å². The standard InChI is InChI=1S/C27H33FN4O3/c1-20-15-27(34)32(18-21-5-3-6-22(28)16-21)25-17-23(7-8-24(20)25)35-19-26(33)29-9-4-10-31-13-11-30(2)12-14-31/h3,5-8,15-17H,4,9-14,18-19H2,1-2H3,(H,29,33). The Morgan fingerprint density at radius 3 is 2.66 bits per heavy atom. The fourth-order valence-corrected chi connectivity index (χ4v) is 4.40. The van der Waals surface area contributed by atoms with E-state index in [4.69, 9.17) is 4.74 Å². The third kappa shape index (κ3) is 6.68. The van der Waals surface area contributed by atoms with Gasteiger partial charge in [0.1, 0.15) is 11.6 Å². The number of likely N-dealkylation sites (N-methyl/N-ethyl adjacent to an activating group) is 1. The summed E-state index contributed by atoms with van der Waals surface area (Å²) in [5, 5.41) is 3.82. The van der Waals surface area contributed by atoms with Crippen molar-refractivity contribution in [3.63, 3.8) is 0 Å². The highest BCUT2D eigenvalue weighted by Gasteiger charge is 2.13. The van der Waals surface area contributed by atoms with Crippen LogP contribution >= 0.6 is 0 Å². The molecule has 0 aliphatic carbocycles.